The Bertz CT molecular complexity index is 1200. The average molecular weight is 414 g/mol. The Morgan fingerprint density at radius 3 is 2.83 bits per heavy atom. The first kappa shape index (κ1) is 18.4. The summed E-state index contributed by atoms with van der Waals surface area (Å²) in [6.07, 6.45) is 5.88. The highest BCUT2D eigenvalue weighted by Gasteiger charge is 2.23. The first-order valence-corrected chi connectivity index (χ1v) is 10.7. The maximum absolute atomic E-state index is 14.4. The van der Waals surface area contributed by atoms with Crippen molar-refractivity contribution in [3.05, 3.63) is 62.9 Å². The molecule has 0 bridgehead atoms. The Balaban J connectivity index is 1.33. The third-order valence-electron chi connectivity index (χ3n) is 5.83. The van der Waals surface area contributed by atoms with Crippen molar-refractivity contribution in [2.45, 2.75) is 13.5 Å². The molecule has 0 aromatic carbocycles. The van der Waals surface area contributed by atoms with Gasteiger partial charge in [-0.2, -0.15) is 4.39 Å². The van der Waals surface area contributed by atoms with Gasteiger partial charge in [-0.1, -0.05) is 6.08 Å². The summed E-state index contributed by atoms with van der Waals surface area (Å²) < 4.78 is 16.4. The second-order valence-electron chi connectivity index (χ2n) is 7.83. The van der Waals surface area contributed by atoms with E-state index in [0.29, 0.717) is 12.2 Å². The lowest BCUT2D eigenvalue weighted by Gasteiger charge is -2.38. The molecule has 0 spiro atoms. The van der Waals surface area contributed by atoms with Crippen LogP contribution in [-0.4, -0.2) is 63.9 Å². The van der Waals surface area contributed by atoms with E-state index in [9.17, 15) is 9.18 Å². The fourth-order valence-electron chi connectivity index (χ4n) is 4.22. The number of aromatic nitrogens is 2. The summed E-state index contributed by atoms with van der Waals surface area (Å²) in [5.74, 6) is -0.138. The largest absolute Gasteiger partial charge is 0.365 e. The van der Waals surface area contributed by atoms with Gasteiger partial charge in [-0.3, -0.25) is 9.69 Å². The molecular weight excluding hydrogens is 389 g/mol. The molecule has 5 heterocycles. The first-order chi connectivity index (χ1) is 14.0. The molecule has 0 saturated carbocycles. The van der Waals surface area contributed by atoms with E-state index in [2.05, 4.69) is 20.9 Å². The fourth-order valence-corrected chi connectivity index (χ4v) is 5.36. The van der Waals surface area contributed by atoms with Gasteiger partial charge in [0.1, 0.15) is 10.3 Å². The number of thiophene rings is 1. The molecule has 0 radical (unpaired) electrons. The van der Waals surface area contributed by atoms with Crippen LogP contribution in [0.1, 0.15) is 10.4 Å². The molecule has 1 N–H and O–H groups in total. The number of allylic oxidation sites excluding steroid dienone is 1. The number of H-pyrrole nitrogens is 1. The van der Waals surface area contributed by atoms with Gasteiger partial charge in [0.25, 0.3) is 5.56 Å². The molecule has 1 saturated heterocycles. The number of aryl methyl sites for hydroxylation is 1. The lowest BCUT2D eigenvalue weighted by Crippen LogP contribution is -2.46. The maximum Gasteiger partial charge on any atom is 0.273 e. The van der Waals surface area contributed by atoms with Crippen LogP contribution in [-0.2, 0) is 6.54 Å². The number of likely N-dealkylation sites (N-methyl/N-ethyl adjacent to an activating group) is 1. The second-order valence-corrected chi connectivity index (χ2v) is 8.94. The summed E-state index contributed by atoms with van der Waals surface area (Å²) in [6, 6.07) is 4.07. The Kier molecular flexibility index (Phi) is 4.48. The molecule has 0 atom stereocenters. The van der Waals surface area contributed by atoms with E-state index >= 15 is 0 Å². The van der Waals surface area contributed by atoms with E-state index in [0.717, 1.165) is 54.2 Å². The summed E-state index contributed by atoms with van der Waals surface area (Å²) in [5, 5.41) is 0. The van der Waals surface area contributed by atoms with Gasteiger partial charge in [0, 0.05) is 57.4 Å². The van der Waals surface area contributed by atoms with Crippen LogP contribution < -0.4 is 5.56 Å². The van der Waals surface area contributed by atoms with Gasteiger partial charge in [-0.15, -0.1) is 11.3 Å². The number of nitrogens with zero attached hydrogens (tertiary/aromatic N) is 4. The molecule has 0 unspecified atom stereocenters. The summed E-state index contributed by atoms with van der Waals surface area (Å²) in [7, 11) is 1.78. The van der Waals surface area contributed by atoms with E-state index in [4.69, 9.17) is 0 Å². The Labute approximate surface area is 172 Å². The quantitative estimate of drug-likeness (QED) is 0.671. The topological polar surface area (TPSA) is 47.0 Å². The van der Waals surface area contributed by atoms with Crippen molar-refractivity contribution in [1.82, 2.24) is 24.1 Å². The van der Waals surface area contributed by atoms with E-state index in [1.54, 1.807) is 23.3 Å². The molecule has 8 heteroatoms. The Morgan fingerprint density at radius 2 is 2.03 bits per heavy atom. The molecule has 0 amide bonds. The molecule has 0 aliphatic carbocycles. The number of nitrogens with one attached hydrogen (secondary N) is 1. The molecule has 2 aliphatic heterocycles. The van der Waals surface area contributed by atoms with Crippen molar-refractivity contribution in [2.24, 2.45) is 0 Å². The van der Waals surface area contributed by atoms with Crippen LogP contribution in [0.25, 0.3) is 15.9 Å². The zero-order valence-electron chi connectivity index (χ0n) is 16.6. The predicted octanol–water partition coefficient (Wildman–Crippen LogP) is 2.91. The molecular formula is C21H24FN5OS. The van der Waals surface area contributed by atoms with Gasteiger partial charge in [0.15, 0.2) is 0 Å². The minimum atomic E-state index is -0.138. The number of piperazine rings is 1. The SMILES string of the molecule is Cc1ccn2c1c(=O)[nH]c1cc(CN3CCN(C4=C(F)N(C)CC=C4)CC3)sc12. The third kappa shape index (κ3) is 3.16. The molecule has 3 aromatic rings. The summed E-state index contributed by atoms with van der Waals surface area (Å²) in [4.78, 5) is 23.9. The van der Waals surface area contributed by atoms with Crippen molar-refractivity contribution in [2.75, 3.05) is 39.8 Å². The molecule has 1 fully saturated rings. The monoisotopic (exact) mass is 413 g/mol. The van der Waals surface area contributed by atoms with Crippen molar-refractivity contribution in [1.29, 1.82) is 0 Å². The van der Waals surface area contributed by atoms with Gasteiger partial charge in [-0.25, -0.2) is 0 Å². The van der Waals surface area contributed by atoms with E-state index in [1.165, 1.54) is 4.88 Å². The lowest BCUT2D eigenvalue weighted by atomic mass is 10.2. The third-order valence-corrected chi connectivity index (χ3v) is 6.95. The van der Waals surface area contributed by atoms with Crippen LogP contribution in [0.3, 0.4) is 0 Å². The number of halogens is 1. The fraction of sp³-hybridized carbons (Fsp3) is 0.381. The van der Waals surface area contributed by atoms with Gasteiger partial charge in [-0.05, 0) is 30.7 Å². The van der Waals surface area contributed by atoms with E-state index in [1.807, 2.05) is 35.7 Å². The number of rotatable bonds is 3. The van der Waals surface area contributed by atoms with Crippen LogP contribution in [0, 0.1) is 6.92 Å². The molecule has 5 rings (SSSR count). The number of hydrogen-bond acceptors (Lipinski definition) is 5. The number of fused-ring (bicyclic) bond motifs is 3. The predicted molar refractivity (Wildman–Crippen MR) is 115 cm³/mol. The molecule has 152 valence electrons. The highest BCUT2D eigenvalue weighted by molar-refractivity contribution is 7.18. The average Bonchev–Trinajstić information content (AvgIpc) is 3.28. The van der Waals surface area contributed by atoms with E-state index < -0.39 is 0 Å². The zero-order valence-corrected chi connectivity index (χ0v) is 17.4. The Hall–Kier alpha value is -2.58. The highest BCUT2D eigenvalue weighted by atomic mass is 32.1. The lowest BCUT2D eigenvalue weighted by molar-refractivity contribution is 0.148. The van der Waals surface area contributed by atoms with Crippen LogP contribution in [0.4, 0.5) is 4.39 Å². The van der Waals surface area contributed by atoms with Crippen molar-refractivity contribution in [3.63, 3.8) is 0 Å². The summed E-state index contributed by atoms with van der Waals surface area (Å²) in [6.45, 7) is 6.81. The Morgan fingerprint density at radius 1 is 1.24 bits per heavy atom. The molecule has 29 heavy (non-hydrogen) atoms. The highest BCUT2D eigenvalue weighted by Crippen LogP contribution is 2.27. The minimum Gasteiger partial charge on any atom is -0.365 e. The number of hydrogen-bond donors (Lipinski definition) is 1. The van der Waals surface area contributed by atoms with Crippen LogP contribution in [0.5, 0.6) is 0 Å². The van der Waals surface area contributed by atoms with Gasteiger partial charge in [0.05, 0.1) is 11.2 Å². The van der Waals surface area contributed by atoms with Gasteiger partial charge in [0.2, 0.25) is 5.95 Å². The molecule has 6 nitrogen and oxygen atoms in total. The van der Waals surface area contributed by atoms with Gasteiger partial charge < -0.3 is 19.2 Å². The summed E-state index contributed by atoms with van der Waals surface area (Å²) >= 11 is 1.72. The first-order valence-electron chi connectivity index (χ1n) is 9.88. The standard InChI is InChI=1S/C21H24FN5OS/c1-14-5-7-27-18(14)20(28)23-16-12-15(29-21(16)27)13-25-8-10-26(11-9-25)17-4-3-6-24(2)19(17)22/h3-5,7,12H,6,8-11,13H2,1-2H3,(H,23,28). The van der Waals surface area contributed by atoms with Crippen LogP contribution >= 0.6 is 11.3 Å². The summed E-state index contributed by atoms with van der Waals surface area (Å²) in [5.41, 5.74) is 3.25. The smallest absolute Gasteiger partial charge is 0.273 e. The van der Waals surface area contributed by atoms with E-state index in [-0.39, 0.29) is 11.5 Å². The van der Waals surface area contributed by atoms with Crippen LogP contribution in [0.2, 0.25) is 0 Å². The second kappa shape index (κ2) is 7.03. The van der Waals surface area contributed by atoms with Crippen molar-refractivity contribution in [3.8, 4) is 0 Å². The van der Waals surface area contributed by atoms with Crippen LogP contribution in [0.15, 0.2) is 46.9 Å². The maximum atomic E-state index is 14.4. The minimum absolute atomic E-state index is 0.0428. The van der Waals surface area contributed by atoms with Crippen molar-refractivity contribution < 1.29 is 4.39 Å². The normalized spacial score (nSPS) is 18.6. The molecule has 3 aromatic heterocycles. The molecule has 2 aliphatic rings. The van der Waals surface area contributed by atoms with Crippen molar-refractivity contribution >= 4 is 27.2 Å². The zero-order chi connectivity index (χ0) is 20.1. The van der Waals surface area contributed by atoms with Gasteiger partial charge >= 0.3 is 0 Å². The number of aromatic amines is 1.